The van der Waals surface area contributed by atoms with Crippen LogP contribution in [0.2, 0.25) is 0 Å². The van der Waals surface area contributed by atoms with E-state index < -0.39 is 0 Å². The van der Waals surface area contributed by atoms with Crippen LogP contribution in [0.3, 0.4) is 0 Å². The second kappa shape index (κ2) is 5.52. The first kappa shape index (κ1) is 14.7. The first-order valence-corrected chi connectivity index (χ1v) is 8.60. The highest BCUT2D eigenvalue weighted by Gasteiger charge is 2.38. The van der Waals surface area contributed by atoms with Gasteiger partial charge in [0.25, 0.3) is 0 Å². The summed E-state index contributed by atoms with van der Waals surface area (Å²) < 4.78 is 5.51. The quantitative estimate of drug-likeness (QED) is 0.866. The van der Waals surface area contributed by atoms with Gasteiger partial charge in [-0.15, -0.1) is 11.3 Å². The summed E-state index contributed by atoms with van der Waals surface area (Å²) in [7, 11) is 1.64. The number of thiophene rings is 1. The largest absolute Gasteiger partial charge is 0.492 e. The van der Waals surface area contributed by atoms with E-state index >= 15 is 0 Å². The molecule has 1 aromatic heterocycles. The van der Waals surface area contributed by atoms with E-state index in [0.717, 1.165) is 29.9 Å². The van der Waals surface area contributed by atoms with E-state index in [-0.39, 0.29) is 11.7 Å². The molecule has 2 unspecified atom stereocenters. The van der Waals surface area contributed by atoms with Crippen LogP contribution < -0.4 is 15.4 Å². The molecular weight excluding hydrogens is 284 g/mol. The maximum absolute atomic E-state index is 12.3. The number of ketones is 1. The fourth-order valence-electron chi connectivity index (χ4n) is 3.67. The number of anilines is 2. The predicted octanol–water partition coefficient (Wildman–Crippen LogP) is 3.41. The minimum absolute atomic E-state index is 0.0403. The number of rotatable bonds is 4. The standard InChI is InChI=1S/C16H24N2O2S/c1-9(2)13(19)15-12(17)14(20-3)16(21-15)18-7-10-5-4-6-11(10)8-18/h9-11H,4-8,17H2,1-3H3. The third kappa shape index (κ3) is 2.41. The molecule has 0 bridgehead atoms. The first-order valence-electron chi connectivity index (χ1n) is 7.78. The minimum Gasteiger partial charge on any atom is -0.492 e. The van der Waals surface area contributed by atoms with Crippen molar-refractivity contribution in [2.45, 2.75) is 33.1 Å². The summed E-state index contributed by atoms with van der Waals surface area (Å²) >= 11 is 1.51. The Bertz CT molecular complexity index is 541. The molecule has 2 aliphatic rings. The monoisotopic (exact) mass is 308 g/mol. The van der Waals surface area contributed by atoms with Crippen molar-refractivity contribution < 1.29 is 9.53 Å². The van der Waals surface area contributed by atoms with Gasteiger partial charge in [0, 0.05) is 19.0 Å². The van der Waals surface area contributed by atoms with Crippen LogP contribution in [-0.2, 0) is 0 Å². The Labute approximate surface area is 130 Å². The summed E-state index contributed by atoms with van der Waals surface area (Å²) in [5.74, 6) is 2.39. The van der Waals surface area contributed by atoms with Gasteiger partial charge >= 0.3 is 0 Å². The minimum atomic E-state index is -0.0403. The van der Waals surface area contributed by atoms with Gasteiger partial charge in [-0.2, -0.15) is 0 Å². The van der Waals surface area contributed by atoms with Crippen LogP contribution in [0.1, 0.15) is 42.8 Å². The second-order valence-corrected chi connectivity index (χ2v) is 7.56. The van der Waals surface area contributed by atoms with Crippen LogP contribution in [0, 0.1) is 17.8 Å². The van der Waals surface area contributed by atoms with Crippen molar-refractivity contribution in [1.82, 2.24) is 0 Å². The lowest BCUT2D eigenvalue weighted by Crippen LogP contribution is -2.20. The lowest BCUT2D eigenvalue weighted by Gasteiger charge is -2.18. The lowest BCUT2D eigenvalue weighted by atomic mass is 10.0. The number of hydrogen-bond acceptors (Lipinski definition) is 5. The van der Waals surface area contributed by atoms with E-state index in [1.807, 2.05) is 13.8 Å². The maximum atomic E-state index is 12.3. The van der Waals surface area contributed by atoms with Crippen molar-refractivity contribution in [3.63, 3.8) is 0 Å². The van der Waals surface area contributed by atoms with Gasteiger partial charge in [0.05, 0.1) is 17.7 Å². The van der Waals surface area contributed by atoms with Crippen LogP contribution in [-0.4, -0.2) is 26.0 Å². The van der Waals surface area contributed by atoms with E-state index in [1.54, 1.807) is 7.11 Å². The molecule has 2 heterocycles. The lowest BCUT2D eigenvalue weighted by molar-refractivity contribution is 0.0944. The first-order chi connectivity index (χ1) is 10.0. The molecule has 0 radical (unpaired) electrons. The molecule has 1 saturated carbocycles. The summed E-state index contributed by atoms with van der Waals surface area (Å²) in [6.07, 6.45) is 4.04. The fraction of sp³-hybridized carbons (Fsp3) is 0.688. The molecule has 2 atom stereocenters. The van der Waals surface area contributed by atoms with E-state index in [9.17, 15) is 4.79 Å². The topological polar surface area (TPSA) is 55.6 Å². The zero-order valence-corrected chi connectivity index (χ0v) is 13.8. The van der Waals surface area contributed by atoms with Gasteiger partial charge in [0.1, 0.15) is 5.00 Å². The van der Waals surface area contributed by atoms with Gasteiger partial charge in [-0.05, 0) is 24.7 Å². The number of nitrogens with zero attached hydrogens (tertiary/aromatic N) is 1. The number of hydrogen-bond donors (Lipinski definition) is 1. The number of carbonyl (C=O) groups is 1. The number of Topliss-reactive ketones (excluding diaryl/α,β-unsaturated/α-hetero) is 1. The average Bonchev–Trinajstić information content (AvgIpc) is 3.09. The highest BCUT2D eigenvalue weighted by molar-refractivity contribution is 7.19. The Kier molecular flexibility index (Phi) is 3.86. The Morgan fingerprint density at radius 2 is 1.95 bits per heavy atom. The fourth-order valence-corrected chi connectivity index (χ4v) is 4.96. The van der Waals surface area contributed by atoms with E-state index in [2.05, 4.69) is 4.90 Å². The zero-order valence-electron chi connectivity index (χ0n) is 13.0. The molecule has 1 aliphatic heterocycles. The van der Waals surface area contributed by atoms with E-state index in [4.69, 9.17) is 10.5 Å². The molecule has 1 aliphatic carbocycles. The molecule has 116 valence electrons. The van der Waals surface area contributed by atoms with Crippen LogP contribution in [0.25, 0.3) is 0 Å². The van der Waals surface area contributed by atoms with Crippen molar-refractivity contribution in [2.75, 3.05) is 30.8 Å². The van der Waals surface area contributed by atoms with Crippen LogP contribution in [0.15, 0.2) is 0 Å². The second-order valence-electron chi connectivity index (χ2n) is 6.56. The summed E-state index contributed by atoms with van der Waals surface area (Å²) in [6, 6.07) is 0. The molecule has 2 fully saturated rings. The molecule has 2 N–H and O–H groups in total. The average molecular weight is 308 g/mol. The molecule has 0 amide bonds. The van der Waals surface area contributed by atoms with Crippen molar-refractivity contribution in [1.29, 1.82) is 0 Å². The number of carbonyl (C=O) groups excluding carboxylic acids is 1. The molecule has 0 spiro atoms. The molecule has 4 nitrogen and oxygen atoms in total. The van der Waals surface area contributed by atoms with Gasteiger partial charge in [0.2, 0.25) is 0 Å². The van der Waals surface area contributed by atoms with Crippen LogP contribution >= 0.6 is 11.3 Å². The number of ether oxygens (including phenoxy) is 1. The van der Waals surface area contributed by atoms with Gasteiger partial charge in [0.15, 0.2) is 11.5 Å². The molecule has 1 saturated heterocycles. The highest BCUT2D eigenvalue weighted by atomic mass is 32.1. The van der Waals surface area contributed by atoms with Crippen molar-refractivity contribution in [3.8, 4) is 5.75 Å². The molecule has 0 aromatic carbocycles. The smallest absolute Gasteiger partial charge is 0.177 e. The Morgan fingerprint density at radius 3 is 2.48 bits per heavy atom. The molecule has 21 heavy (non-hydrogen) atoms. The van der Waals surface area contributed by atoms with Crippen molar-refractivity contribution in [3.05, 3.63) is 4.88 Å². The molecule has 5 heteroatoms. The Morgan fingerprint density at radius 1 is 1.33 bits per heavy atom. The summed E-state index contributed by atoms with van der Waals surface area (Å²) in [6.45, 7) is 5.98. The van der Waals surface area contributed by atoms with Gasteiger partial charge in [-0.3, -0.25) is 4.79 Å². The molecular formula is C16H24N2O2S. The van der Waals surface area contributed by atoms with E-state index in [0.29, 0.717) is 16.3 Å². The number of nitrogens with two attached hydrogens (primary N) is 1. The van der Waals surface area contributed by atoms with Gasteiger partial charge in [-0.1, -0.05) is 20.3 Å². The summed E-state index contributed by atoms with van der Waals surface area (Å²) in [5.41, 5.74) is 6.70. The third-order valence-electron chi connectivity index (χ3n) is 4.85. The van der Waals surface area contributed by atoms with Crippen LogP contribution in [0.5, 0.6) is 5.75 Å². The van der Waals surface area contributed by atoms with Gasteiger partial charge in [-0.25, -0.2) is 0 Å². The number of nitrogen functional groups attached to an aromatic ring is 1. The summed E-state index contributed by atoms with van der Waals surface area (Å²) in [5, 5.41) is 1.05. The normalized spacial score (nSPS) is 24.7. The predicted molar refractivity (Wildman–Crippen MR) is 87.5 cm³/mol. The highest BCUT2D eigenvalue weighted by Crippen LogP contribution is 2.49. The zero-order chi connectivity index (χ0) is 15.1. The molecule has 3 rings (SSSR count). The Balaban J connectivity index is 1.92. The SMILES string of the molecule is COc1c(N2CC3CCCC3C2)sc(C(=O)C(C)C)c1N. The van der Waals surface area contributed by atoms with Gasteiger partial charge < -0.3 is 15.4 Å². The Hall–Kier alpha value is -1.23. The maximum Gasteiger partial charge on any atom is 0.177 e. The van der Waals surface area contributed by atoms with Crippen molar-refractivity contribution >= 4 is 27.8 Å². The van der Waals surface area contributed by atoms with Crippen molar-refractivity contribution in [2.24, 2.45) is 17.8 Å². The number of fused-ring (bicyclic) bond motifs is 1. The number of methoxy groups -OCH3 is 1. The van der Waals surface area contributed by atoms with E-state index in [1.165, 1.54) is 30.6 Å². The van der Waals surface area contributed by atoms with Crippen LogP contribution in [0.4, 0.5) is 10.7 Å². The third-order valence-corrected chi connectivity index (χ3v) is 6.11. The summed E-state index contributed by atoms with van der Waals surface area (Å²) in [4.78, 5) is 15.4. The molecule has 1 aromatic rings.